The van der Waals surface area contributed by atoms with E-state index in [-0.39, 0.29) is 5.54 Å². The molecule has 1 fully saturated rings. The first-order valence-corrected chi connectivity index (χ1v) is 7.89. The Labute approximate surface area is 120 Å². The highest BCUT2D eigenvalue weighted by Gasteiger charge is 2.42. The van der Waals surface area contributed by atoms with Crippen LogP contribution in [0.5, 0.6) is 5.75 Å². The van der Waals surface area contributed by atoms with Crippen molar-refractivity contribution in [1.29, 1.82) is 0 Å². The van der Waals surface area contributed by atoms with Crippen LogP contribution in [0, 0.1) is 0 Å². The van der Waals surface area contributed by atoms with Gasteiger partial charge in [-0.05, 0) is 30.7 Å². The zero-order valence-electron chi connectivity index (χ0n) is 12.1. The molecule has 2 N–H and O–H groups in total. The van der Waals surface area contributed by atoms with Crippen LogP contribution in [-0.4, -0.2) is 37.2 Å². The second kappa shape index (κ2) is 6.06. The van der Waals surface area contributed by atoms with E-state index >= 15 is 0 Å². The number of benzene rings is 1. The number of thioether (sulfide) groups is 1. The van der Waals surface area contributed by atoms with Crippen molar-refractivity contribution in [2.75, 3.05) is 31.4 Å². The molecule has 1 saturated heterocycles. The number of anilines is 1. The topological polar surface area (TPSA) is 38.5 Å². The number of nitrogens with two attached hydrogens (primary N) is 1. The fourth-order valence-corrected chi connectivity index (χ4v) is 4.34. The highest BCUT2D eigenvalue weighted by atomic mass is 32.2. The van der Waals surface area contributed by atoms with Crippen molar-refractivity contribution in [1.82, 2.24) is 0 Å². The summed E-state index contributed by atoms with van der Waals surface area (Å²) in [5, 5.41) is 0.529. The van der Waals surface area contributed by atoms with Gasteiger partial charge in [0.15, 0.2) is 0 Å². The molecule has 1 aliphatic heterocycles. The Morgan fingerprint density at radius 2 is 2.21 bits per heavy atom. The molecule has 0 spiro atoms. The molecule has 106 valence electrons. The molecular weight excluding hydrogens is 256 g/mol. The van der Waals surface area contributed by atoms with Crippen LogP contribution >= 0.6 is 11.8 Å². The predicted octanol–water partition coefficient (Wildman–Crippen LogP) is 2.74. The van der Waals surface area contributed by atoms with Gasteiger partial charge < -0.3 is 15.4 Å². The minimum atomic E-state index is 0.0253. The molecule has 2 unspecified atom stereocenters. The molecule has 3 nitrogen and oxygen atoms in total. The minimum Gasteiger partial charge on any atom is -0.495 e. The molecule has 2 atom stereocenters. The summed E-state index contributed by atoms with van der Waals surface area (Å²) in [6.07, 6.45) is 2.37. The van der Waals surface area contributed by atoms with E-state index in [0.717, 1.165) is 17.9 Å². The Morgan fingerprint density at radius 1 is 1.47 bits per heavy atom. The number of ether oxygens (including phenoxy) is 1. The largest absolute Gasteiger partial charge is 0.495 e. The van der Waals surface area contributed by atoms with Gasteiger partial charge in [-0.3, -0.25) is 0 Å². The Morgan fingerprint density at radius 3 is 2.84 bits per heavy atom. The lowest BCUT2D eigenvalue weighted by atomic mass is 9.87. The third-order valence-electron chi connectivity index (χ3n) is 4.35. The van der Waals surface area contributed by atoms with Crippen molar-refractivity contribution in [3.05, 3.63) is 24.3 Å². The van der Waals surface area contributed by atoms with Gasteiger partial charge in [0.2, 0.25) is 0 Å². The van der Waals surface area contributed by atoms with Crippen LogP contribution in [0.25, 0.3) is 0 Å². The molecule has 1 heterocycles. The Bertz CT molecular complexity index is 426. The van der Waals surface area contributed by atoms with E-state index in [1.54, 1.807) is 7.11 Å². The molecule has 0 aromatic heterocycles. The van der Waals surface area contributed by atoms with Crippen LogP contribution < -0.4 is 15.4 Å². The van der Waals surface area contributed by atoms with Gasteiger partial charge in [-0.15, -0.1) is 0 Å². The summed E-state index contributed by atoms with van der Waals surface area (Å²) in [7, 11) is 3.87. The number of hydrogen-bond donors (Lipinski definition) is 1. The molecule has 1 aromatic rings. The lowest BCUT2D eigenvalue weighted by Gasteiger charge is -2.49. The zero-order chi connectivity index (χ0) is 13.9. The highest BCUT2D eigenvalue weighted by Crippen LogP contribution is 2.41. The van der Waals surface area contributed by atoms with E-state index in [1.807, 2.05) is 23.9 Å². The van der Waals surface area contributed by atoms with E-state index < -0.39 is 0 Å². The van der Waals surface area contributed by atoms with Gasteiger partial charge in [-0.2, -0.15) is 11.8 Å². The van der Waals surface area contributed by atoms with Gasteiger partial charge in [0, 0.05) is 18.8 Å². The third-order valence-corrected chi connectivity index (χ3v) is 5.81. The average molecular weight is 280 g/mol. The van der Waals surface area contributed by atoms with Crippen molar-refractivity contribution in [3.8, 4) is 5.75 Å². The smallest absolute Gasteiger partial charge is 0.142 e. The summed E-state index contributed by atoms with van der Waals surface area (Å²) >= 11 is 2.02. The molecule has 1 aromatic carbocycles. The van der Waals surface area contributed by atoms with Crippen molar-refractivity contribution in [2.45, 2.75) is 30.6 Å². The summed E-state index contributed by atoms with van der Waals surface area (Å²) in [6, 6.07) is 8.18. The average Bonchev–Trinajstić information content (AvgIpc) is 2.47. The molecule has 0 saturated carbocycles. The molecule has 0 radical (unpaired) electrons. The molecule has 19 heavy (non-hydrogen) atoms. The summed E-state index contributed by atoms with van der Waals surface area (Å²) in [6.45, 7) is 2.97. The molecular formula is C15H24N2OS. The second-order valence-electron chi connectivity index (χ2n) is 5.16. The van der Waals surface area contributed by atoms with E-state index in [0.29, 0.717) is 11.8 Å². The molecule has 1 aliphatic rings. The van der Waals surface area contributed by atoms with Crippen molar-refractivity contribution in [3.63, 3.8) is 0 Å². The Balaban J connectivity index is 2.37. The lowest BCUT2D eigenvalue weighted by molar-refractivity contribution is 0.359. The molecule has 4 heteroatoms. The van der Waals surface area contributed by atoms with Crippen molar-refractivity contribution in [2.24, 2.45) is 5.73 Å². The van der Waals surface area contributed by atoms with Crippen molar-refractivity contribution >= 4 is 17.4 Å². The monoisotopic (exact) mass is 280 g/mol. The fraction of sp³-hybridized carbons (Fsp3) is 0.600. The highest BCUT2D eigenvalue weighted by molar-refractivity contribution is 8.00. The van der Waals surface area contributed by atoms with E-state index in [9.17, 15) is 0 Å². The van der Waals surface area contributed by atoms with Crippen LogP contribution in [0.4, 0.5) is 5.69 Å². The van der Waals surface area contributed by atoms with Gasteiger partial charge in [-0.25, -0.2) is 0 Å². The summed E-state index contributed by atoms with van der Waals surface area (Å²) in [5.74, 6) is 2.16. The van der Waals surface area contributed by atoms with Crippen LogP contribution in [0.15, 0.2) is 24.3 Å². The lowest BCUT2D eigenvalue weighted by Crippen LogP contribution is -2.59. The Kier molecular flexibility index (Phi) is 4.63. The van der Waals surface area contributed by atoms with Crippen LogP contribution in [0.2, 0.25) is 0 Å². The van der Waals surface area contributed by atoms with Gasteiger partial charge in [0.05, 0.1) is 18.3 Å². The predicted molar refractivity (Wildman–Crippen MR) is 84.3 cm³/mol. The number of hydrogen-bond acceptors (Lipinski definition) is 4. The van der Waals surface area contributed by atoms with Crippen LogP contribution in [-0.2, 0) is 0 Å². The first kappa shape index (κ1) is 14.5. The van der Waals surface area contributed by atoms with E-state index in [1.165, 1.54) is 12.2 Å². The Hall–Kier alpha value is -0.870. The number of methoxy groups -OCH3 is 1. The van der Waals surface area contributed by atoms with Crippen LogP contribution in [0.1, 0.15) is 19.8 Å². The molecule has 0 bridgehead atoms. The number of para-hydroxylation sites is 2. The maximum Gasteiger partial charge on any atom is 0.142 e. The number of nitrogens with zero attached hydrogens (tertiary/aromatic N) is 1. The summed E-state index contributed by atoms with van der Waals surface area (Å²) in [5.41, 5.74) is 7.32. The molecule has 2 rings (SSSR count). The molecule has 0 amide bonds. The fourth-order valence-electron chi connectivity index (χ4n) is 2.99. The second-order valence-corrected chi connectivity index (χ2v) is 6.60. The summed E-state index contributed by atoms with van der Waals surface area (Å²) in [4.78, 5) is 2.34. The minimum absolute atomic E-state index is 0.0253. The third kappa shape index (κ3) is 2.56. The molecule has 0 aliphatic carbocycles. The van der Waals surface area contributed by atoms with Gasteiger partial charge in [0.25, 0.3) is 0 Å². The maximum absolute atomic E-state index is 6.16. The van der Waals surface area contributed by atoms with Gasteiger partial charge in [0.1, 0.15) is 5.75 Å². The SMILES string of the molecule is COc1ccccc1N(C)C1(CN)CCCSC1C. The zero-order valence-corrected chi connectivity index (χ0v) is 12.9. The quantitative estimate of drug-likeness (QED) is 0.920. The number of likely N-dealkylation sites (N-methyl/N-ethyl adjacent to an activating group) is 1. The first-order chi connectivity index (χ1) is 9.15. The van der Waals surface area contributed by atoms with E-state index in [4.69, 9.17) is 10.5 Å². The standard InChI is InChI=1S/C15H24N2OS/c1-12-15(11-16,9-6-10-19-12)17(2)13-7-4-5-8-14(13)18-3/h4-5,7-8,12H,6,9-11,16H2,1-3H3. The first-order valence-electron chi connectivity index (χ1n) is 6.84. The summed E-state index contributed by atoms with van der Waals surface area (Å²) < 4.78 is 5.49. The van der Waals surface area contributed by atoms with Gasteiger partial charge in [-0.1, -0.05) is 19.1 Å². The van der Waals surface area contributed by atoms with Gasteiger partial charge >= 0.3 is 0 Å². The van der Waals surface area contributed by atoms with Crippen molar-refractivity contribution < 1.29 is 4.74 Å². The normalized spacial score (nSPS) is 27.1. The van der Waals surface area contributed by atoms with E-state index in [2.05, 4.69) is 31.0 Å². The van der Waals surface area contributed by atoms with Crippen LogP contribution in [0.3, 0.4) is 0 Å². The maximum atomic E-state index is 6.16. The number of rotatable bonds is 4.